The lowest BCUT2D eigenvalue weighted by Gasteiger charge is -2.24. The third-order valence-corrected chi connectivity index (χ3v) is 8.16. The van der Waals surface area contributed by atoms with E-state index in [4.69, 9.17) is 14.2 Å². The van der Waals surface area contributed by atoms with E-state index >= 15 is 0 Å². The van der Waals surface area contributed by atoms with Gasteiger partial charge in [0.25, 0.3) is 21.6 Å². The predicted molar refractivity (Wildman–Crippen MR) is 165 cm³/mol. The molecule has 4 rings (SSSR count). The molecule has 0 bridgehead atoms. The average Bonchev–Trinajstić information content (AvgIpc) is 3.03. The predicted octanol–water partition coefficient (Wildman–Crippen LogP) is 4.85. The number of anilines is 1. The summed E-state index contributed by atoms with van der Waals surface area (Å²) in [5.74, 6) is 0.506. The van der Waals surface area contributed by atoms with Crippen molar-refractivity contribution in [3.05, 3.63) is 118 Å². The molecule has 0 atom stereocenters. The zero-order valence-corrected chi connectivity index (χ0v) is 25.0. The molecule has 13 heteroatoms. The van der Waals surface area contributed by atoms with Gasteiger partial charge in [0.2, 0.25) is 0 Å². The average molecular weight is 619 g/mol. The summed E-state index contributed by atoms with van der Waals surface area (Å²) in [5, 5.41) is 14.8. The third kappa shape index (κ3) is 7.89. The third-order valence-electron chi connectivity index (χ3n) is 6.39. The molecule has 0 spiro atoms. The fourth-order valence-corrected chi connectivity index (χ4v) is 5.44. The van der Waals surface area contributed by atoms with Crippen LogP contribution in [0.3, 0.4) is 0 Å². The second kappa shape index (κ2) is 14.2. The van der Waals surface area contributed by atoms with E-state index in [0.29, 0.717) is 22.7 Å². The number of methoxy groups -OCH3 is 2. The lowest BCUT2D eigenvalue weighted by molar-refractivity contribution is -0.384. The maximum atomic E-state index is 13.7. The van der Waals surface area contributed by atoms with Crippen molar-refractivity contribution in [2.24, 2.45) is 5.10 Å². The number of aryl methyl sites for hydroxylation is 1. The van der Waals surface area contributed by atoms with E-state index in [-0.39, 0.29) is 22.9 Å². The molecule has 4 aromatic rings. The minimum absolute atomic E-state index is 0.00636. The number of hydrogen-bond acceptors (Lipinski definition) is 9. The second-order valence-corrected chi connectivity index (χ2v) is 11.3. The van der Waals surface area contributed by atoms with Crippen molar-refractivity contribution in [2.45, 2.75) is 18.4 Å². The van der Waals surface area contributed by atoms with Gasteiger partial charge in [0.1, 0.15) is 18.9 Å². The Bertz CT molecular complexity index is 1740. The number of nitro groups is 1. The quantitative estimate of drug-likeness (QED) is 0.127. The number of carbonyl (C=O) groups is 1. The topological polar surface area (TPSA) is 150 Å². The zero-order chi connectivity index (χ0) is 31.7. The van der Waals surface area contributed by atoms with Gasteiger partial charge in [-0.1, -0.05) is 17.7 Å². The molecule has 0 aromatic heterocycles. The van der Waals surface area contributed by atoms with Crippen molar-refractivity contribution in [3.8, 4) is 17.2 Å². The molecule has 0 saturated heterocycles. The van der Waals surface area contributed by atoms with E-state index < -0.39 is 27.4 Å². The normalized spacial score (nSPS) is 11.2. The first-order valence-electron chi connectivity index (χ1n) is 13.2. The summed E-state index contributed by atoms with van der Waals surface area (Å²) < 4.78 is 44.6. The summed E-state index contributed by atoms with van der Waals surface area (Å²) in [6, 6.07) is 23.9. The first kappa shape index (κ1) is 31.5. The maximum Gasteiger partial charge on any atom is 0.269 e. The molecule has 12 nitrogen and oxygen atoms in total. The molecule has 0 aliphatic heterocycles. The smallest absolute Gasteiger partial charge is 0.269 e. The van der Waals surface area contributed by atoms with Gasteiger partial charge in [-0.3, -0.25) is 19.2 Å². The van der Waals surface area contributed by atoms with Crippen LogP contribution in [0.4, 0.5) is 11.4 Å². The lowest BCUT2D eigenvalue weighted by Crippen LogP contribution is -2.39. The number of hydrogen-bond donors (Lipinski definition) is 1. The van der Waals surface area contributed by atoms with Crippen LogP contribution in [0.1, 0.15) is 16.7 Å². The molecule has 44 heavy (non-hydrogen) atoms. The highest BCUT2D eigenvalue weighted by atomic mass is 32.2. The van der Waals surface area contributed by atoms with Crippen LogP contribution in [0.15, 0.2) is 101 Å². The maximum absolute atomic E-state index is 13.7. The van der Waals surface area contributed by atoms with E-state index in [1.807, 2.05) is 6.92 Å². The number of nitrogens with one attached hydrogen (secondary N) is 1. The number of nitrogens with zero attached hydrogens (tertiary/aromatic N) is 3. The van der Waals surface area contributed by atoms with Gasteiger partial charge >= 0.3 is 0 Å². The summed E-state index contributed by atoms with van der Waals surface area (Å²) in [6.07, 6.45) is 1.41. The van der Waals surface area contributed by atoms with Crippen molar-refractivity contribution in [1.82, 2.24) is 5.43 Å². The molecule has 228 valence electrons. The van der Waals surface area contributed by atoms with Crippen molar-refractivity contribution in [2.75, 3.05) is 25.1 Å². The Morgan fingerprint density at radius 2 is 1.59 bits per heavy atom. The Hall–Kier alpha value is -5.43. The van der Waals surface area contributed by atoms with Crippen LogP contribution in [-0.4, -0.2) is 46.2 Å². The first-order chi connectivity index (χ1) is 21.1. The minimum atomic E-state index is -4.19. The molecule has 0 aliphatic rings. The van der Waals surface area contributed by atoms with Crippen molar-refractivity contribution in [3.63, 3.8) is 0 Å². The minimum Gasteiger partial charge on any atom is -0.493 e. The van der Waals surface area contributed by atoms with E-state index in [1.54, 1.807) is 60.7 Å². The molecule has 0 aliphatic carbocycles. The number of rotatable bonds is 13. The highest BCUT2D eigenvalue weighted by Crippen LogP contribution is 2.32. The molecule has 0 heterocycles. The Balaban J connectivity index is 1.41. The number of amides is 1. The molecule has 0 radical (unpaired) electrons. The summed E-state index contributed by atoms with van der Waals surface area (Å²) in [6.45, 7) is 1.56. The van der Waals surface area contributed by atoms with E-state index in [0.717, 1.165) is 15.4 Å². The van der Waals surface area contributed by atoms with Crippen molar-refractivity contribution in [1.29, 1.82) is 0 Å². The van der Waals surface area contributed by atoms with E-state index in [1.165, 1.54) is 50.8 Å². The van der Waals surface area contributed by atoms with E-state index in [9.17, 15) is 23.3 Å². The monoisotopic (exact) mass is 618 g/mol. The molecular weight excluding hydrogens is 588 g/mol. The van der Waals surface area contributed by atoms with Crippen LogP contribution in [0, 0.1) is 17.0 Å². The fraction of sp³-hybridized carbons (Fsp3) is 0.161. The molecular formula is C31H30N4O8S. The van der Waals surface area contributed by atoms with Gasteiger partial charge in [0.15, 0.2) is 11.5 Å². The van der Waals surface area contributed by atoms with Gasteiger partial charge in [-0.2, -0.15) is 5.10 Å². The number of hydrazone groups is 1. The Morgan fingerprint density at radius 1 is 0.932 bits per heavy atom. The first-order valence-corrected chi connectivity index (χ1v) is 14.6. The zero-order valence-electron chi connectivity index (χ0n) is 24.2. The summed E-state index contributed by atoms with van der Waals surface area (Å²) >= 11 is 0. The van der Waals surface area contributed by atoms with Crippen LogP contribution < -0.4 is 23.9 Å². The van der Waals surface area contributed by atoms with Crippen LogP contribution >= 0.6 is 0 Å². The van der Waals surface area contributed by atoms with Crippen LogP contribution in [-0.2, 0) is 21.4 Å². The summed E-state index contributed by atoms with van der Waals surface area (Å²) in [7, 11) is -1.34. The number of carbonyl (C=O) groups excluding carboxylic acids is 1. The fourth-order valence-electron chi connectivity index (χ4n) is 4.01. The molecule has 0 fully saturated rings. The van der Waals surface area contributed by atoms with Gasteiger partial charge in [0.05, 0.1) is 35.9 Å². The molecule has 0 unspecified atom stereocenters. The van der Waals surface area contributed by atoms with Crippen molar-refractivity contribution < 1.29 is 32.3 Å². The highest BCUT2D eigenvalue weighted by molar-refractivity contribution is 7.92. The number of sulfonamides is 1. The standard InChI is InChI=1S/C31H30N4O8S/c1-22-4-10-25(11-5-22)34(44(39,40)28-16-17-29(41-2)30(18-28)42-3)20-31(36)33-32-19-23-8-14-27(15-9-23)43-21-24-6-12-26(13-7-24)35(37)38/h4-19H,20-21H2,1-3H3,(H,33,36)/b32-19-. The SMILES string of the molecule is COc1ccc(S(=O)(=O)N(CC(=O)N/N=C\c2ccc(OCc3ccc([N+](=O)[O-])cc3)cc2)c2ccc(C)cc2)cc1OC. The van der Waals surface area contributed by atoms with E-state index in [2.05, 4.69) is 10.5 Å². The van der Waals surface area contributed by atoms with Gasteiger partial charge in [-0.05, 0) is 78.7 Å². The van der Waals surface area contributed by atoms with Crippen molar-refractivity contribution >= 4 is 33.5 Å². The molecule has 4 aromatic carbocycles. The Kier molecular flexibility index (Phi) is 10.1. The Morgan fingerprint density at radius 3 is 2.20 bits per heavy atom. The largest absolute Gasteiger partial charge is 0.493 e. The number of ether oxygens (including phenoxy) is 3. The number of benzene rings is 4. The lowest BCUT2D eigenvalue weighted by atomic mass is 10.2. The second-order valence-electron chi connectivity index (χ2n) is 9.44. The van der Waals surface area contributed by atoms with Gasteiger partial charge < -0.3 is 14.2 Å². The Labute approximate surface area is 254 Å². The van der Waals surface area contributed by atoms with Gasteiger partial charge in [-0.15, -0.1) is 0 Å². The van der Waals surface area contributed by atoms with Crippen LogP contribution in [0.2, 0.25) is 0 Å². The van der Waals surface area contributed by atoms with Crippen LogP contribution in [0.25, 0.3) is 0 Å². The van der Waals surface area contributed by atoms with Gasteiger partial charge in [-0.25, -0.2) is 13.8 Å². The number of non-ortho nitro benzene ring substituents is 1. The molecule has 0 saturated carbocycles. The highest BCUT2D eigenvalue weighted by Gasteiger charge is 2.28. The summed E-state index contributed by atoms with van der Waals surface area (Å²) in [4.78, 5) is 23.1. The number of nitro benzene ring substituents is 1. The molecule has 1 N–H and O–H groups in total. The molecule has 1 amide bonds. The van der Waals surface area contributed by atoms with Gasteiger partial charge in [0, 0.05) is 18.2 Å². The van der Waals surface area contributed by atoms with Crippen LogP contribution in [0.5, 0.6) is 17.2 Å². The summed E-state index contributed by atoms with van der Waals surface area (Å²) in [5.41, 5.74) is 5.04.